The maximum atomic E-state index is 13.0. The lowest BCUT2D eigenvalue weighted by Crippen LogP contribution is -2.20. The number of carbonyl (C=O) groups excluding carboxylic acids is 1. The summed E-state index contributed by atoms with van der Waals surface area (Å²) in [6.07, 6.45) is 9.86. The van der Waals surface area contributed by atoms with Gasteiger partial charge in [-0.3, -0.25) is 4.79 Å². The van der Waals surface area contributed by atoms with Gasteiger partial charge in [0.15, 0.2) is 11.3 Å². The van der Waals surface area contributed by atoms with Crippen LogP contribution < -0.4 is 4.74 Å². The van der Waals surface area contributed by atoms with Crippen LogP contribution in [0.2, 0.25) is 0 Å². The molecule has 0 bridgehead atoms. The molecule has 0 spiro atoms. The van der Waals surface area contributed by atoms with Crippen LogP contribution in [0, 0.1) is 17.2 Å². The summed E-state index contributed by atoms with van der Waals surface area (Å²) in [6, 6.07) is 9.69. The number of nitriles is 1. The van der Waals surface area contributed by atoms with Crippen LogP contribution in [0.5, 0.6) is 5.75 Å². The highest BCUT2D eigenvalue weighted by Crippen LogP contribution is 2.43. The number of aromatic nitrogens is 3. The summed E-state index contributed by atoms with van der Waals surface area (Å²) >= 11 is 0. The molecule has 146 valence electrons. The molecule has 1 aromatic carbocycles. The first-order chi connectivity index (χ1) is 13.6. The van der Waals surface area contributed by atoms with Gasteiger partial charge in [0.25, 0.3) is 0 Å². The zero-order chi connectivity index (χ0) is 19.6. The van der Waals surface area contributed by atoms with Crippen molar-refractivity contribution in [2.24, 2.45) is 5.92 Å². The first-order valence-corrected chi connectivity index (χ1v) is 10.2. The van der Waals surface area contributed by atoms with Crippen molar-refractivity contribution >= 4 is 5.78 Å². The zero-order valence-electron chi connectivity index (χ0n) is 16.3. The molecular weight excluding hydrogens is 352 g/mol. The van der Waals surface area contributed by atoms with Crippen molar-refractivity contribution in [2.45, 2.75) is 62.8 Å². The number of hydrogen-bond donors (Lipinski definition) is 0. The van der Waals surface area contributed by atoms with Crippen LogP contribution in [0.15, 0.2) is 30.5 Å². The predicted molar refractivity (Wildman–Crippen MR) is 104 cm³/mol. The summed E-state index contributed by atoms with van der Waals surface area (Å²) < 4.78 is 6.98. The highest BCUT2D eigenvalue weighted by Gasteiger charge is 2.47. The molecule has 0 amide bonds. The van der Waals surface area contributed by atoms with Crippen LogP contribution in [0.1, 0.15) is 73.3 Å². The minimum Gasteiger partial charge on any atom is -0.497 e. The van der Waals surface area contributed by atoms with Gasteiger partial charge in [-0.25, -0.2) is 4.68 Å². The van der Waals surface area contributed by atoms with Crippen molar-refractivity contribution in [3.05, 3.63) is 41.7 Å². The van der Waals surface area contributed by atoms with Gasteiger partial charge < -0.3 is 4.74 Å². The maximum absolute atomic E-state index is 13.0. The number of hydrogen-bond acceptors (Lipinski definition) is 5. The lowest BCUT2D eigenvalue weighted by atomic mass is 9.76. The molecule has 0 saturated heterocycles. The normalized spacial score (nSPS) is 19.6. The third-order valence-corrected chi connectivity index (χ3v) is 6.28. The topological polar surface area (TPSA) is 80.8 Å². The molecule has 2 fully saturated rings. The molecule has 1 aromatic heterocycles. The highest BCUT2D eigenvalue weighted by molar-refractivity contribution is 5.96. The number of ether oxygens (including phenoxy) is 1. The molecule has 2 aliphatic carbocycles. The average molecular weight is 378 g/mol. The molecule has 2 aromatic rings. The Kier molecular flexibility index (Phi) is 5.17. The van der Waals surface area contributed by atoms with Crippen LogP contribution in [-0.2, 0) is 5.54 Å². The summed E-state index contributed by atoms with van der Waals surface area (Å²) in [4.78, 5) is 13.0. The van der Waals surface area contributed by atoms with E-state index in [0.717, 1.165) is 31.4 Å². The lowest BCUT2D eigenvalue weighted by Gasteiger charge is -2.28. The third kappa shape index (κ3) is 3.66. The summed E-state index contributed by atoms with van der Waals surface area (Å²) in [5.74, 6) is 1.27. The number of rotatable bonds is 7. The second kappa shape index (κ2) is 7.75. The van der Waals surface area contributed by atoms with E-state index in [0.29, 0.717) is 23.7 Å². The fourth-order valence-corrected chi connectivity index (χ4v) is 4.33. The van der Waals surface area contributed by atoms with Crippen LogP contribution in [-0.4, -0.2) is 27.9 Å². The molecule has 1 heterocycles. The van der Waals surface area contributed by atoms with Crippen LogP contribution >= 0.6 is 0 Å². The van der Waals surface area contributed by atoms with E-state index in [9.17, 15) is 10.1 Å². The summed E-state index contributed by atoms with van der Waals surface area (Å²) in [5, 5.41) is 18.1. The molecule has 6 nitrogen and oxygen atoms in total. The average Bonchev–Trinajstić information content (AvgIpc) is 3.41. The summed E-state index contributed by atoms with van der Waals surface area (Å²) in [7, 11) is 1.61. The monoisotopic (exact) mass is 378 g/mol. The number of carbonyl (C=O) groups is 1. The van der Waals surface area contributed by atoms with E-state index in [1.807, 2.05) is 24.4 Å². The van der Waals surface area contributed by atoms with Crippen molar-refractivity contribution in [1.29, 1.82) is 5.26 Å². The van der Waals surface area contributed by atoms with Gasteiger partial charge in [-0.05, 0) is 43.7 Å². The van der Waals surface area contributed by atoms with Gasteiger partial charge in [0.2, 0.25) is 0 Å². The fraction of sp³-hybridized carbons (Fsp3) is 0.545. The summed E-state index contributed by atoms with van der Waals surface area (Å²) in [6.45, 7) is 0. The van der Waals surface area contributed by atoms with Crippen LogP contribution in [0.4, 0.5) is 0 Å². The van der Waals surface area contributed by atoms with Crippen LogP contribution in [0.25, 0.3) is 0 Å². The highest BCUT2D eigenvalue weighted by atomic mass is 16.5. The van der Waals surface area contributed by atoms with Gasteiger partial charge in [0.1, 0.15) is 5.75 Å². The van der Waals surface area contributed by atoms with Crippen LogP contribution in [0.3, 0.4) is 0 Å². The second-order valence-corrected chi connectivity index (χ2v) is 8.10. The van der Waals surface area contributed by atoms with E-state index < -0.39 is 5.54 Å². The van der Waals surface area contributed by atoms with E-state index in [1.165, 1.54) is 19.3 Å². The van der Waals surface area contributed by atoms with Crippen molar-refractivity contribution in [3.8, 4) is 11.8 Å². The zero-order valence-corrected chi connectivity index (χ0v) is 16.3. The quantitative estimate of drug-likeness (QED) is 0.673. The van der Waals surface area contributed by atoms with Gasteiger partial charge in [0, 0.05) is 17.9 Å². The number of methoxy groups -OCH3 is 1. The second-order valence-electron chi connectivity index (χ2n) is 8.10. The van der Waals surface area contributed by atoms with Gasteiger partial charge in [-0.15, -0.1) is 5.10 Å². The SMILES string of the molecule is COc1cccc(C(=O)C[C@H](c2cn(C3(C#N)CC3)nn2)C2CCCCC2)c1. The van der Waals surface area contributed by atoms with E-state index >= 15 is 0 Å². The van der Waals surface area contributed by atoms with Crippen molar-refractivity contribution in [3.63, 3.8) is 0 Å². The standard InChI is InChI=1S/C22H26N4O2/c1-28-18-9-5-8-17(12-18)21(27)13-19(16-6-3-2-4-7-16)20-14-26(25-24-20)22(15-23)10-11-22/h5,8-9,12,14,16,19H,2-4,6-7,10-11,13H2,1H3/t19-/m0/s1. The van der Waals surface area contributed by atoms with Crippen molar-refractivity contribution < 1.29 is 9.53 Å². The smallest absolute Gasteiger partial charge is 0.163 e. The molecule has 1 atom stereocenters. The first-order valence-electron chi connectivity index (χ1n) is 10.2. The van der Waals surface area contributed by atoms with E-state index in [2.05, 4.69) is 16.4 Å². The van der Waals surface area contributed by atoms with Gasteiger partial charge in [-0.2, -0.15) is 5.26 Å². The Balaban J connectivity index is 1.59. The molecule has 0 N–H and O–H groups in total. The molecule has 0 radical (unpaired) electrons. The Morgan fingerprint density at radius 2 is 2.14 bits per heavy atom. The van der Waals surface area contributed by atoms with Gasteiger partial charge >= 0.3 is 0 Å². The molecule has 6 heteroatoms. The minimum absolute atomic E-state index is 0.0437. The Labute approximate surface area is 165 Å². The molecule has 2 aliphatic rings. The third-order valence-electron chi connectivity index (χ3n) is 6.28. The maximum Gasteiger partial charge on any atom is 0.163 e. The van der Waals surface area contributed by atoms with Gasteiger partial charge in [-0.1, -0.05) is 36.6 Å². The molecule has 0 aliphatic heterocycles. The number of nitrogens with zero attached hydrogens (tertiary/aromatic N) is 4. The number of Topliss-reactive ketones (excluding diaryl/α,β-unsaturated/α-hetero) is 1. The Morgan fingerprint density at radius 1 is 1.36 bits per heavy atom. The first kappa shape index (κ1) is 18.7. The number of benzene rings is 1. The van der Waals surface area contributed by atoms with E-state index in [-0.39, 0.29) is 11.7 Å². The van der Waals surface area contributed by atoms with E-state index in [4.69, 9.17) is 4.74 Å². The molecule has 2 saturated carbocycles. The largest absolute Gasteiger partial charge is 0.497 e. The van der Waals surface area contributed by atoms with Crippen molar-refractivity contribution in [1.82, 2.24) is 15.0 Å². The Morgan fingerprint density at radius 3 is 2.82 bits per heavy atom. The predicted octanol–water partition coefficient (Wildman–Crippen LogP) is 4.24. The molecule has 0 unspecified atom stereocenters. The molecule has 4 rings (SSSR count). The lowest BCUT2D eigenvalue weighted by molar-refractivity contribution is 0.0956. The fourth-order valence-electron chi connectivity index (χ4n) is 4.33. The Bertz CT molecular complexity index is 888. The number of ketones is 1. The summed E-state index contributed by atoms with van der Waals surface area (Å²) in [5.41, 5.74) is 1.01. The molecular formula is C22H26N4O2. The van der Waals surface area contributed by atoms with Gasteiger partial charge in [0.05, 0.1) is 25.1 Å². The Hall–Kier alpha value is -2.68. The minimum atomic E-state index is -0.515. The van der Waals surface area contributed by atoms with Crippen molar-refractivity contribution in [2.75, 3.05) is 7.11 Å². The van der Waals surface area contributed by atoms with E-state index in [1.54, 1.807) is 17.9 Å². The molecule has 28 heavy (non-hydrogen) atoms.